The van der Waals surface area contributed by atoms with Gasteiger partial charge in [-0.05, 0) is 13.8 Å². The van der Waals surface area contributed by atoms with Crippen molar-refractivity contribution in [2.75, 3.05) is 19.8 Å². The third-order valence-electron chi connectivity index (χ3n) is 1.23. The second kappa shape index (κ2) is 6.36. The van der Waals surface area contributed by atoms with Crippen molar-refractivity contribution in [3.05, 3.63) is 10.1 Å². The lowest BCUT2D eigenvalue weighted by atomic mass is 10.3. The van der Waals surface area contributed by atoms with Crippen molar-refractivity contribution < 1.29 is 19.2 Å². The van der Waals surface area contributed by atoms with Crippen LogP contribution in [0.2, 0.25) is 0 Å². The second-order valence-electron chi connectivity index (χ2n) is 2.21. The summed E-state index contributed by atoms with van der Waals surface area (Å²) in [6.07, 6.45) is -1.08. The number of carbonyl (C=O) groups is 1. The maximum atomic E-state index is 11.0. The molecule has 0 rings (SSSR count). The van der Waals surface area contributed by atoms with Gasteiger partial charge in [-0.2, -0.15) is 0 Å². The van der Waals surface area contributed by atoms with Crippen molar-refractivity contribution in [2.24, 2.45) is 0 Å². The first-order valence-corrected chi connectivity index (χ1v) is 4.01. The molecule has 0 bridgehead atoms. The van der Waals surface area contributed by atoms with Gasteiger partial charge in [0.15, 0.2) is 0 Å². The van der Waals surface area contributed by atoms with Crippen molar-refractivity contribution in [1.82, 2.24) is 0 Å². The van der Waals surface area contributed by atoms with Crippen molar-refractivity contribution >= 4 is 5.97 Å². The van der Waals surface area contributed by atoms with E-state index in [0.717, 1.165) is 0 Å². The lowest BCUT2D eigenvalue weighted by Crippen LogP contribution is -2.33. The Kier molecular flexibility index (Phi) is 5.79. The predicted molar refractivity (Wildman–Crippen MR) is 43.9 cm³/mol. The number of esters is 1. The molecule has 0 aromatic carbocycles. The summed E-state index contributed by atoms with van der Waals surface area (Å²) >= 11 is 0. The zero-order valence-corrected chi connectivity index (χ0v) is 7.69. The number of rotatable bonds is 6. The molecule has 0 saturated carbocycles. The molecule has 1 unspecified atom stereocenters. The molecule has 0 aromatic rings. The summed E-state index contributed by atoms with van der Waals surface area (Å²) in [5, 5.41) is 10.1. The molecule has 6 nitrogen and oxygen atoms in total. The number of hydrogen-bond donors (Lipinski definition) is 0. The first-order chi connectivity index (χ1) is 6.11. The van der Waals surface area contributed by atoms with Gasteiger partial charge in [-0.3, -0.25) is 10.1 Å². The highest BCUT2D eigenvalue weighted by molar-refractivity contribution is 5.74. The van der Waals surface area contributed by atoms with Crippen LogP contribution in [0, 0.1) is 10.1 Å². The molecule has 0 spiro atoms. The van der Waals surface area contributed by atoms with Gasteiger partial charge in [0, 0.05) is 11.5 Å². The largest absolute Gasteiger partial charge is 0.464 e. The topological polar surface area (TPSA) is 78.7 Å². The Hall–Kier alpha value is -1.17. The van der Waals surface area contributed by atoms with E-state index in [1.165, 1.54) is 0 Å². The molecule has 0 saturated heterocycles. The fourth-order valence-electron chi connectivity index (χ4n) is 0.767. The first kappa shape index (κ1) is 11.8. The van der Waals surface area contributed by atoms with Gasteiger partial charge < -0.3 is 9.47 Å². The third-order valence-corrected chi connectivity index (χ3v) is 1.23. The number of nitro groups is 1. The summed E-state index contributed by atoms with van der Waals surface area (Å²) in [5.41, 5.74) is 0. The standard InChI is InChI=1S/C7H13NO5/c1-3-12-6(5-8(10)11)7(9)13-4-2/h6H,3-5H2,1-2H3. The minimum absolute atomic E-state index is 0.195. The van der Waals surface area contributed by atoms with Crippen LogP contribution < -0.4 is 0 Å². The highest BCUT2D eigenvalue weighted by Crippen LogP contribution is 1.96. The molecule has 0 aliphatic heterocycles. The van der Waals surface area contributed by atoms with Crippen molar-refractivity contribution in [3.8, 4) is 0 Å². The van der Waals surface area contributed by atoms with E-state index in [0.29, 0.717) is 0 Å². The van der Waals surface area contributed by atoms with Gasteiger partial charge >= 0.3 is 5.97 Å². The highest BCUT2D eigenvalue weighted by Gasteiger charge is 2.25. The molecular weight excluding hydrogens is 178 g/mol. The molecule has 0 N–H and O–H groups in total. The lowest BCUT2D eigenvalue weighted by molar-refractivity contribution is -0.489. The van der Waals surface area contributed by atoms with Crippen LogP contribution >= 0.6 is 0 Å². The molecule has 0 aliphatic rings. The summed E-state index contributed by atoms with van der Waals surface area (Å²) < 4.78 is 9.44. The predicted octanol–water partition coefficient (Wildman–Crippen LogP) is 0.231. The molecule has 13 heavy (non-hydrogen) atoms. The third kappa shape index (κ3) is 5.13. The maximum Gasteiger partial charge on any atom is 0.342 e. The van der Waals surface area contributed by atoms with Crippen LogP contribution in [0.15, 0.2) is 0 Å². The normalized spacial score (nSPS) is 12.2. The molecule has 0 heterocycles. The van der Waals surface area contributed by atoms with Gasteiger partial charge in [-0.25, -0.2) is 4.79 Å². The number of ether oxygens (including phenoxy) is 2. The molecule has 0 aromatic heterocycles. The van der Waals surface area contributed by atoms with Crippen LogP contribution in [0.3, 0.4) is 0 Å². The van der Waals surface area contributed by atoms with Gasteiger partial charge in [0.1, 0.15) is 0 Å². The fourth-order valence-corrected chi connectivity index (χ4v) is 0.767. The van der Waals surface area contributed by atoms with Crippen LogP contribution in [0.1, 0.15) is 13.8 Å². The van der Waals surface area contributed by atoms with Crippen LogP contribution in [0.4, 0.5) is 0 Å². The fraction of sp³-hybridized carbons (Fsp3) is 0.857. The summed E-state index contributed by atoms with van der Waals surface area (Å²) in [6, 6.07) is 0. The average molecular weight is 191 g/mol. The number of carbonyl (C=O) groups excluding carboxylic acids is 1. The SMILES string of the molecule is CCOC(=O)C(C[N+](=O)[O-])OCC. The molecule has 0 fully saturated rings. The minimum atomic E-state index is -1.08. The van der Waals surface area contributed by atoms with E-state index >= 15 is 0 Å². The smallest absolute Gasteiger partial charge is 0.342 e. The van der Waals surface area contributed by atoms with Crippen LogP contribution in [-0.4, -0.2) is 36.8 Å². The van der Waals surface area contributed by atoms with E-state index in [1.807, 2.05) is 0 Å². The van der Waals surface area contributed by atoms with E-state index in [9.17, 15) is 14.9 Å². The molecule has 0 amide bonds. The first-order valence-electron chi connectivity index (χ1n) is 4.01. The highest BCUT2D eigenvalue weighted by atomic mass is 16.6. The van der Waals surface area contributed by atoms with Crippen LogP contribution in [-0.2, 0) is 14.3 Å². The van der Waals surface area contributed by atoms with E-state index in [2.05, 4.69) is 4.74 Å². The lowest BCUT2D eigenvalue weighted by Gasteiger charge is -2.10. The molecule has 0 radical (unpaired) electrons. The molecule has 1 atom stereocenters. The summed E-state index contributed by atoms with van der Waals surface area (Å²) in [6.45, 7) is 3.18. The Bertz CT molecular complexity index is 182. The van der Waals surface area contributed by atoms with Gasteiger partial charge in [-0.15, -0.1) is 0 Å². The van der Waals surface area contributed by atoms with E-state index in [4.69, 9.17) is 4.74 Å². The zero-order valence-electron chi connectivity index (χ0n) is 7.69. The van der Waals surface area contributed by atoms with Gasteiger partial charge in [0.2, 0.25) is 12.6 Å². The van der Waals surface area contributed by atoms with Crippen LogP contribution in [0.5, 0.6) is 0 Å². The van der Waals surface area contributed by atoms with Crippen molar-refractivity contribution in [3.63, 3.8) is 0 Å². The Morgan fingerprint density at radius 3 is 2.46 bits per heavy atom. The van der Waals surface area contributed by atoms with Gasteiger partial charge in [0.25, 0.3) is 0 Å². The molecule has 0 aliphatic carbocycles. The number of nitrogens with zero attached hydrogens (tertiary/aromatic N) is 1. The summed E-state index contributed by atoms with van der Waals surface area (Å²) in [4.78, 5) is 20.5. The quantitative estimate of drug-likeness (QED) is 0.341. The van der Waals surface area contributed by atoms with Crippen LogP contribution in [0.25, 0.3) is 0 Å². The number of hydrogen-bond acceptors (Lipinski definition) is 5. The van der Waals surface area contributed by atoms with E-state index in [-0.39, 0.29) is 13.2 Å². The molecule has 6 heteroatoms. The molecule has 76 valence electrons. The van der Waals surface area contributed by atoms with Crippen molar-refractivity contribution in [2.45, 2.75) is 20.0 Å². The molecular formula is C7H13NO5. The summed E-state index contributed by atoms with van der Waals surface area (Å²) in [5.74, 6) is -0.680. The van der Waals surface area contributed by atoms with E-state index in [1.54, 1.807) is 13.8 Å². The second-order valence-corrected chi connectivity index (χ2v) is 2.21. The monoisotopic (exact) mass is 191 g/mol. The van der Waals surface area contributed by atoms with Crippen molar-refractivity contribution in [1.29, 1.82) is 0 Å². The Labute approximate surface area is 76.0 Å². The van der Waals surface area contributed by atoms with Gasteiger partial charge in [-0.1, -0.05) is 0 Å². The maximum absolute atomic E-state index is 11.0. The average Bonchev–Trinajstić information content (AvgIpc) is 2.03. The minimum Gasteiger partial charge on any atom is -0.464 e. The zero-order chi connectivity index (χ0) is 10.3. The Morgan fingerprint density at radius 1 is 1.46 bits per heavy atom. The van der Waals surface area contributed by atoms with E-state index < -0.39 is 23.5 Å². The Balaban J connectivity index is 4.06. The summed E-state index contributed by atoms with van der Waals surface area (Å²) in [7, 11) is 0. The van der Waals surface area contributed by atoms with Gasteiger partial charge in [0.05, 0.1) is 6.61 Å². The Morgan fingerprint density at radius 2 is 2.08 bits per heavy atom.